The topological polar surface area (TPSA) is 71.5 Å². The molecule has 1 aromatic rings. The molecule has 0 aliphatic carbocycles. The molecule has 6 nitrogen and oxygen atoms in total. The number of ether oxygens (including phenoxy) is 1. The van der Waals surface area contributed by atoms with Crippen LogP contribution in [0.1, 0.15) is 20.3 Å². The first kappa shape index (κ1) is 16.5. The monoisotopic (exact) mass is 333 g/mol. The molecule has 1 aromatic heterocycles. The Hall–Kier alpha value is -0.890. The lowest BCUT2D eigenvalue weighted by Gasteiger charge is -2.32. The van der Waals surface area contributed by atoms with E-state index in [1.54, 1.807) is 0 Å². The van der Waals surface area contributed by atoms with E-state index in [4.69, 9.17) is 16.3 Å². The zero-order valence-electron chi connectivity index (χ0n) is 12.2. The van der Waals surface area contributed by atoms with Crippen LogP contribution in [-0.4, -0.2) is 50.1 Å². The first-order chi connectivity index (χ1) is 9.96. The maximum Gasteiger partial charge on any atom is 0.245 e. The Labute approximate surface area is 130 Å². The van der Waals surface area contributed by atoms with Crippen LogP contribution < -0.4 is 5.32 Å². The SMILES string of the molecule is CCCNc1ncc(S(=O)(=O)N2CCOCC2C)cc1Cl. The van der Waals surface area contributed by atoms with Crippen molar-refractivity contribution in [1.82, 2.24) is 9.29 Å². The second-order valence-electron chi connectivity index (χ2n) is 4.97. The van der Waals surface area contributed by atoms with Gasteiger partial charge in [0.15, 0.2) is 0 Å². The molecule has 0 radical (unpaired) electrons. The van der Waals surface area contributed by atoms with Crippen molar-refractivity contribution in [2.75, 3.05) is 31.6 Å². The quantitative estimate of drug-likeness (QED) is 0.892. The number of hydrogen-bond donors (Lipinski definition) is 1. The first-order valence-electron chi connectivity index (χ1n) is 6.95. The molecule has 1 N–H and O–H groups in total. The van der Waals surface area contributed by atoms with E-state index in [9.17, 15) is 8.42 Å². The largest absolute Gasteiger partial charge is 0.378 e. The molecule has 0 aromatic carbocycles. The lowest BCUT2D eigenvalue weighted by Crippen LogP contribution is -2.46. The van der Waals surface area contributed by atoms with Crippen LogP contribution in [0.25, 0.3) is 0 Å². The highest BCUT2D eigenvalue weighted by molar-refractivity contribution is 7.89. The average Bonchev–Trinajstić information content (AvgIpc) is 2.46. The third-order valence-corrected chi connectivity index (χ3v) is 5.54. The number of nitrogens with one attached hydrogen (secondary N) is 1. The molecular weight excluding hydrogens is 314 g/mol. The third-order valence-electron chi connectivity index (χ3n) is 3.27. The smallest absolute Gasteiger partial charge is 0.245 e. The number of pyridine rings is 1. The minimum absolute atomic E-state index is 0.114. The summed E-state index contributed by atoms with van der Waals surface area (Å²) < 4.78 is 32.0. The highest BCUT2D eigenvalue weighted by Crippen LogP contribution is 2.26. The Morgan fingerprint density at radius 1 is 1.57 bits per heavy atom. The molecule has 1 saturated heterocycles. The Morgan fingerprint density at radius 2 is 2.33 bits per heavy atom. The van der Waals surface area contributed by atoms with Crippen molar-refractivity contribution in [2.45, 2.75) is 31.2 Å². The van der Waals surface area contributed by atoms with Gasteiger partial charge < -0.3 is 10.1 Å². The fraction of sp³-hybridized carbons (Fsp3) is 0.615. The molecule has 1 aliphatic heterocycles. The standard InChI is InChI=1S/C13H20ClN3O3S/c1-3-4-15-13-12(14)7-11(8-16-13)21(18,19)17-5-6-20-9-10(17)2/h7-8,10H,3-6,9H2,1-2H3,(H,15,16). The highest BCUT2D eigenvalue weighted by Gasteiger charge is 2.32. The predicted octanol–water partition coefficient (Wildman–Crippen LogP) is 1.97. The fourth-order valence-electron chi connectivity index (χ4n) is 2.14. The summed E-state index contributed by atoms with van der Waals surface area (Å²) in [6.45, 7) is 5.73. The number of anilines is 1. The van der Waals surface area contributed by atoms with E-state index in [0.29, 0.717) is 30.6 Å². The van der Waals surface area contributed by atoms with Crippen molar-refractivity contribution >= 4 is 27.4 Å². The molecule has 118 valence electrons. The van der Waals surface area contributed by atoms with Crippen LogP contribution in [0, 0.1) is 0 Å². The summed E-state index contributed by atoms with van der Waals surface area (Å²) in [5, 5.41) is 3.37. The Kier molecular flexibility index (Phi) is 5.43. The minimum Gasteiger partial charge on any atom is -0.378 e. The van der Waals surface area contributed by atoms with E-state index in [1.165, 1.54) is 16.6 Å². The molecule has 21 heavy (non-hydrogen) atoms. The Bertz CT molecular complexity index is 594. The molecule has 0 saturated carbocycles. The molecule has 1 atom stereocenters. The molecule has 0 amide bonds. The van der Waals surface area contributed by atoms with Gasteiger partial charge in [-0.25, -0.2) is 13.4 Å². The van der Waals surface area contributed by atoms with Gasteiger partial charge in [0.1, 0.15) is 10.7 Å². The summed E-state index contributed by atoms with van der Waals surface area (Å²) in [5.74, 6) is 0.507. The van der Waals surface area contributed by atoms with E-state index >= 15 is 0 Å². The molecular formula is C13H20ClN3O3S. The van der Waals surface area contributed by atoms with Crippen LogP contribution in [0.5, 0.6) is 0 Å². The predicted molar refractivity (Wildman–Crippen MR) is 82.2 cm³/mol. The van der Waals surface area contributed by atoms with Crippen molar-refractivity contribution in [1.29, 1.82) is 0 Å². The molecule has 0 spiro atoms. The third kappa shape index (κ3) is 3.66. The number of morpholine rings is 1. The first-order valence-corrected chi connectivity index (χ1v) is 8.77. The number of hydrogen-bond acceptors (Lipinski definition) is 5. The number of rotatable bonds is 5. The zero-order chi connectivity index (χ0) is 15.5. The van der Waals surface area contributed by atoms with E-state index in [0.717, 1.165) is 13.0 Å². The summed E-state index contributed by atoms with van der Waals surface area (Å²) in [6.07, 6.45) is 2.28. The fourth-order valence-corrected chi connectivity index (χ4v) is 4.01. The van der Waals surface area contributed by atoms with Crippen molar-refractivity contribution in [3.8, 4) is 0 Å². The zero-order valence-corrected chi connectivity index (χ0v) is 13.7. The lowest BCUT2D eigenvalue weighted by atomic mass is 10.3. The maximum atomic E-state index is 12.6. The number of aromatic nitrogens is 1. The second-order valence-corrected chi connectivity index (χ2v) is 7.27. The molecule has 1 aliphatic rings. The van der Waals surface area contributed by atoms with Gasteiger partial charge in [-0.1, -0.05) is 18.5 Å². The van der Waals surface area contributed by atoms with Gasteiger partial charge in [0.05, 0.1) is 18.2 Å². The van der Waals surface area contributed by atoms with Gasteiger partial charge >= 0.3 is 0 Å². The van der Waals surface area contributed by atoms with Gasteiger partial charge in [0, 0.05) is 25.3 Å². The van der Waals surface area contributed by atoms with Crippen molar-refractivity contribution in [2.24, 2.45) is 0 Å². The number of nitrogens with zero attached hydrogens (tertiary/aromatic N) is 2. The normalized spacial score (nSPS) is 20.4. The van der Waals surface area contributed by atoms with Crippen molar-refractivity contribution in [3.63, 3.8) is 0 Å². The van der Waals surface area contributed by atoms with Crippen molar-refractivity contribution in [3.05, 3.63) is 17.3 Å². The molecule has 0 bridgehead atoms. The van der Waals surface area contributed by atoms with Gasteiger partial charge in [-0.15, -0.1) is 0 Å². The molecule has 8 heteroatoms. The highest BCUT2D eigenvalue weighted by atomic mass is 35.5. The van der Waals surface area contributed by atoms with Gasteiger partial charge in [-0.2, -0.15) is 4.31 Å². The van der Waals surface area contributed by atoms with Gasteiger partial charge in [-0.3, -0.25) is 0 Å². The number of halogens is 1. The maximum absolute atomic E-state index is 12.6. The van der Waals surface area contributed by atoms with Crippen LogP contribution in [0.2, 0.25) is 5.02 Å². The molecule has 1 unspecified atom stereocenters. The molecule has 1 fully saturated rings. The van der Waals surface area contributed by atoms with E-state index in [2.05, 4.69) is 10.3 Å². The van der Waals surface area contributed by atoms with Crippen LogP contribution in [0.3, 0.4) is 0 Å². The molecule has 2 rings (SSSR count). The van der Waals surface area contributed by atoms with Crippen LogP contribution in [0.4, 0.5) is 5.82 Å². The molecule has 2 heterocycles. The van der Waals surface area contributed by atoms with E-state index < -0.39 is 10.0 Å². The van der Waals surface area contributed by atoms with Gasteiger partial charge in [-0.05, 0) is 19.4 Å². The van der Waals surface area contributed by atoms with Crippen LogP contribution >= 0.6 is 11.6 Å². The van der Waals surface area contributed by atoms with E-state index in [-0.39, 0.29) is 10.9 Å². The van der Waals surface area contributed by atoms with Gasteiger partial charge in [0.2, 0.25) is 10.0 Å². The Morgan fingerprint density at radius 3 is 2.95 bits per heavy atom. The summed E-state index contributed by atoms with van der Waals surface area (Å²) in [7, 11) is -3.59. The number of sulfonamides is 1. The van der Waals surface area contributed by atoms with Crippen LogP contribution in [0.15, 0.2) is 17.2 Å². The van der Waals surface area contributed by atoms with Crippen LogP contribution in [-0.2, 0) is 14.8 Å². The average molecular weight is 334 g/mol. The van der Waals surface area contributed by atoms with E-state index in [1.807, 2.05) is 13.8 Å². The van der Waals surface area contributed by atoms with Crippen molar-refractivity contribution < 1.29 is 13.2 Å². The summed E-state index contributed by atoms with van der Waals surface area (Å²) in [4.78, 5) is 4.24. The van der Waals surface area contributed by atoms with Gasteiger partial charge in [0.25, 0.3) is 0 Å². The Balaban J connectivity index is 2.26. The second kappa shape index (κ2) is 6.91. The summed E-state index contributed by atoms with van der Waals surface area (Å²) in [6, 6.07) is 1.25. The lowest BCUT2D eigenvalue weighted by molar-refractivity contribution is 0.0392. The minimum atomic E-state index is -3.59. The summed E-state index contributed by atoms with van der Waals surface area (Å²) in [5.41, 5.74) is 0. The summed E-state index contributed by atoms with van der Waals surface area (Å²) >= 11 is 6.11.